The van der Waals surface area contributed by atoms with Gasteiger partial charge in [-0.2, -0.15) is 0 Å². The number of hydrogen-bond donors (Lipinski definition) is 1. The number of carbonyl (C=O) groups is 2. The van der Waals surface area contributed by atoms with Gasteiger partial charge in [0.05, 0.1) is 23.4 Å². The van der Waals surface area contributed by atoms with Crippen LogP contribution in [-0.2, 0) is 17.6 Å². The van der Waals surface area contributed by atoms with E-state index in [0.29, 0.717) is 44.3 Å². The molecule has 6 nitrogen and oxygen atoms in total. The highest BCUT2D eigenvalue weighted by atomic mass is 35.5. The van der Waals surface area contributed by atoms with Gasteiger partial charge in [0.15, 0.2) is 0 Å². The van der Waals surface area contributed by atoms with E-state index in [1.807, 2.05) is 45.0 Å². The van der Waals surface area contributed by atoms with Crippen LogP contribution in [0.5, 0.6) is 0 Å². The lowest BCUT2D eigenvalue weighted by Gasteiger charge is -2.33. The van der Waals surface area contributed by atoms with E-state index in [-0.39, 0.29) is 23.4 Å². The van der Waals surface area contributed by atoms with Gasteiger partial charge in [0.25, 0.3) is 5.91 Å². The van der Waals surface area contributed by atoms with Crippen molar-refractivity contribution < 1.29 is 18.7 Å². The third-order valence-electron chi connectivity index (χ3n) is 7.81. The molecule has 0 saturated heterocycles. The zero-order valence-electron chi connectivity index (χ0n) is 25.4. The number of nitrogens with zero attached hydrogens (tertiary/aromatic N) is 1. The van der Waals surface area contributed by atoms with E-state index in [1.165, 1.54) is 4.88 Å². The first-order chi connectivity index (χ1) is 20.4. The highest BCUT2D eigenvalue weighted by Gasteiger charge is 2.33. The standard InChI is InChI=1S/C35H37ClN2O4S/c1-20(2)41-34(40)22-7-14-27(21(3)17-22)29-16-13-26(42-29)19-37-33-31(32(39)38-25-11-9-24(36)10-12-25)28-15-8-23(35(4,5)6)18-30(28)43-33/h7,9-14,16-17,19-20,23H,8,15,18H2,1-6H3,(H,38,39)/t23-/m0/s1. The van der Waals surface area contributed by atoms with Crippen molar-refractivity contribution in [3.05, 3.63) is 92.5 Å². The van der Waals surface area contributed by atoms with Crippen molar-refractivity contribution in [1.29, 1.82) is 0 Å². The highest BCUT2D eigenvalue weighted by molar-refractivity contribution is 7.16. The predicted molar refractivity (Wildman–Crippen MR) is 175 cm³/mol. The summed E-state index contributed by atoms with van der Waals surface area (Å²) < 4.78 is 11.5. The van der Waals surface area contributed by atoms with E-state index in [2.05, 4.69) is 26.1 Å². The van der Waals surface area contributed by atoms with Crippen molar-refractivity contribution in [3.63, 3.8) is 0 Å². The van der Waals surface area contributed by atoms with E-state index in [1.54, 1.807) is 47.9 Å². The molecule has 224 valence electrons. The lowest BCUT2D eigenvalue weighted by molar-refractivity contribution is 0.0377. The van der Waals surface area contributed by atoms with Gasteiger partial charge in [-0.05, 0) is 111 Å². The first-order valence-corrected chi connectivity index (χ1v) is 15.8. The van der Waals surface area contributed by atoms with Crippen molar-refractivity contribution in [3.8, 4) is 11.3 Å². The first kappa shape index (κ1) is 30.8. The van der Waals surface area contributed by atoms with E-state index in [9.17, 15) is 9.59 Å². The lowest BCUT2D eigenvalue weighted by Crippen LogP contribution is -2.27. The molecule has 0 spiro atoms. The number of hydrogen-bond acceptors (Lipinski definition) is 6. The fraction of sp³-hybridized carbons (Fsp3) is 0.343. The summed E-state index contributed by atoms with van der Waals surface area (Å²) in [5.41, 5.74) is 4.87. The average molecular weight is 617 g/mol. The highest BCUT2D eigenvalue weighted by Crippen LogP contribution is 2.45. The van der Waals surface area contributed by atoms with Gasteiger partial charge in [-0.1, -0.05) is 38.4 Å². The quantitative estimate of drug-likeness (QED) is 0.165. The molecule has 1 amide bonds. The number of carbonyl (C=O) groups excluding carboxylic acids is 2. The van der Waals surface area contributed by atoms with Gasteiger partial charge < -0.3 is 14.5 Å². The minimum atomic E-state index is -0.347. The maximum atomic E-state index is 13.6. The van der Waals surface area contributed by atoms with Crippen molar-refractivity contribution in [2.45, 2.75) is 66.9 Å². The Morgan fingerprint density at radius 1 is 1.12 bits per heavy atom. The smallest absolute Gasteiger partial charge is 0.338 e. The predicted octanol–water partition coefficient (Wildman–Crippen LogP) is 9.69. The zero-order chi connectivity index (χ0) is 30.9. The molecule has 2 heterocycles. The van der Waals surface area contributed by atoms with Crippen LogP contribution in [0.1, 0.15) is 83.5 Å². The maximum Gasteiger partial charge on any atom is 0.338 e. The molecule has 1 aliphatic carbocycles. The Morgan fingerprint density at radius 3 is 2.53 bits per heavy atom. The Bertz CT molecular complexity index is 1670. The van der Waals surface area contributed by atoms with Gasteiger partial charge in [0.2, 0.25) is 0 Å². The van der Waals surface area contributed by atoms with Crippen molar-refractivity contribution in [1.82, 2.24) is 0 Å². The molecular weight excluding hydrogens is 580 g/mol. The molecule has 1 atom stereocenters. The fourth-order valence-corrected chi connectivity index (χ4v) is 6.80. The third-order valence-corrected chi connectivity index (χ3v) is 9.22. The Labute approximate surface area is 262 Å². The second-order valence-corrected chi connectivity index (χ2v) is 13.9. The second-order valence-electron chi connectivity index (χ2n) is 12.4. The number of furan rings is 1. The molecule has 5 rings (SSSR count). The van der Waals surface area contributed by atoms with E-state index >= 15 is 0 Å². The van der Waals surface area contributed by atoms with Crippen LogP contribution in [0.2, 0.25) is 5.02 Å². The summed E-state index contributed by atoms with van der Waals surface area (Å²) in [5, 5.41) is 4.32. The van der Waals surface area contributed by atoms with Gasteiger partial charge in [0, 0.05) is 21.2 Å². The van der Waals surface area contributed by atoms with Crippen LogP contribution in [-0.4, -0.2) is 24.2 Å². The molecule has 2 aromatic carbocycles. The van der Waals surface area contributed by atoms with Gasteiger partial charge in [0.1, 0.15) is 16.5 Å². The summed E-state index contributed by atoms with van der Waals surface area (Å²) in [4.78, 5) is 32.0. The Hall–Kier alpha value is -3.68. The Morgan fingerprint density at radius 2 is 1.86 bits per heavy atom. The van der Waals surface area contributed by atoms with Crippen LogP contribution in [0.3, 0.4) is 0 Å². The number of aliphatic imine (C=N–C) groups is 1. The van der Waals surface area contributed by atoms with Crippen LogP contribution in [0.15, 0.2) is 64.0 Å². The number of nitrogens with one attached hydrogen (secondary N) is 1. The Kier molecular flexibility index (Phi) is 8.95. The van der Waals surface area contributed by atoms with Crippen LogP contribution in [0.4, 0.5) is 10.7 Å². The summed E-state index contributed by atoms with van der Waals surface area (Å²) in [6.45, 7) is 12.4. The number of rotatable bonds is 7. The van der Waals surface area contributed by atoms with E-state index in [4.69, 9.17) is 25.7 Å². The molecule has 0 unspecified atom stereocenters. The zero-order valence-corrected chi connectivity index (χ0v) is 27.0. The average Bonchev–Trinajstić information content (AvgIpc) is 3.56. The number of ether oxygens (including phenoxy) is 1. The van der Waals surface area contributed by atoms with Gasteiger partial charge in [-0.3, -0.25) is 4.79 Å². The van der Waals surface area contributed by atoms with Crippen molar-refractivity contribution in [2.24, 2.45) is 16.3 Å². The van der Waals surface area contributed by atoms with Gasteiger partial charge in [-0.25, -0.2) is 9.79 Å². The first-order valence-electron chi connectivity index (χ1n) is 14.6. The summed E-state index contributed by atoms with van der Waals surface area (Å²) in [6, 6.07) is 16.3. The van der Waals surface area contributed by atoms with Crippen LogP contribution in [0.25, 0.3) is 11.3 Å². The molecule has 0 saturated carbocycles. The summed E-state index contributed by atoms with van der Waals surface area (Å²) in [6.07, 6.45) is 4.30. The number of halogens is 1. The number of fused-ring (bicyclic) bond motifs is 1. The van der Waals surface area contributed by atoms with Crippen LogP contribution < -0.4 is 5.32 Å². The number of esters is 1. The topological polar surface area (TPSA) is 80.9 Å². The number of anilines is 1. The molecule has 0 fully saturated rings. The SMILES string of the molecule is Cc1cc(C(=O)OC(C)C)ccc1-c1ccc(C=Nc2sc3c(c2C(=O)Nc2ccc(Cl)cc2)CC[C@H](C(C)(C)C)C3)o1. The largest absolute Gasteiger partial charge is 0.459 e. The second kappa shape index (κ2) is 12.5. The monoisotopic (exact) mass is 616 g/mol. The molecule has 2 aromatic heterocycles. The van der Waals surface area contributed by atoms with Crippen molar-refractivity contribution in [2.75, 3.05) is 5.32 Å². The molecular formula is C35H37ClN2O4S. The molecule has 0 radical (unpaired) electrons. The number of amides is 1. The molecule has 0 bridgehead atoms. The van der Waals surface area contributed by atoms with Crippen LogP contribution in [0, 0.1) is 18.3 Å². The molecule has 8 heteroatoms. The number of thiophene rings is 1. The van der Waals surface area contributed by atoms with Gasteiger partial charge >= 0.3 is 5.97 Å². The molecule has 1 N–H and O–H groups in total. The summed E-state index contributed by atoms with van der Waals surface area (Å²) in [5.74, 6) is 1.26. The molecule has 1 aliphatic rings. The minimum absolute atomic E-state index is 0.173. The maximum absolute atomic E-state index is 13.6. The normalized spacial score (nSPS) is 15.1. The van der Waals surface area contributed by atoms with E-state index < -0.39 is 0 Å². The van der Waals surface area contributed by atoms with Crippen molar-refractivity contribution >= 4 is 51.7 Å². The molecule has 4 aromatic rings. The molecule has 43 heavy (non-hydrogen) atoms. The van der Waals surface area contributed by atoms with Crippen LogP contribution >= 0.6 is 22.9 Å². The summed E-state index contributed by atoms with van der Waals surface area (Å²) in [7, 11) is 0. The molecule has 0 aliphatic heterocycles. The van der Waals surface area contributed by atoms with E-state index in [0.717, 1.165) is 36.0 Å². The number of benzene rings is 2. The Balaban J connectivity index is 1.42. The lowest BCUT2D eigenvalue weighted by atomic mass is 9.72. The fourth-order valence-electron chi connectivity index (χ4n) is 5.40. The number of aryl methyl sites for hydroxylation is 1. The minimum Gasteiger partial charge on any atom is -0.459 e. The summed E-state index contributed by atoms with van der Waals surface area (Å²) >= 11 is 7.64. The van der Waals surface area contributed by atoms with Gasteiger partial charge in [-0.15, -0.1) is 11.3 Å². The third kappa shape index (κ3) is 7.11.